The molecule has 1 aromatic rings. The summed E-state index contributed by atoms with van der Waals surface area (Å²) in [6, 6.07) is -0.0528. The molecule has 2 rings (SSSR count). The Morgan fingerprint density at radius 3 is 2.50 bits per heavy atom. The predicted molar refractivity (Wildman–Crippen MR) is 66.9 cm³/mol. The Hall–Kier alpha value is -1.87. The second-order valence-electron chi connectivity index (χ2n) is 4.59. The lowest BCUT2D eigenvalue weighted by Crippen LogP contribution is -2.40. The van der Waals surface area contributed by atoms with Crippen molar-refractivity contribution in [3.63, 3.8) is 0 Å². The van der Waals surface area contributed by atoms with Gasteiger partial charge in [0.1, 0.15) is 16.6 Å². The van der Waals surface area contributed by atoms with E-state index in [4.69, 9.17) is 10.2 Å². The molecule has 0 radical (unpaired) electrons. The van der Waals surface area contributed by atoms with E-state index in [1.165, 1.54) is 17.8 Å². The van der Waals surface area contributed by atoms with Gasteiger partial charge in [0.15, 0.2) is 0 Å². The van der Waals surface area contributed by atoms with Crippen LogP contribution in [0.15, 0.2) is 17.2 Å². The lowest BCUT2D eigenvalue weighted by Gasteiger charge is -2.19. The maximum atomic E-state index is 12.4. The van der Waals surface area contributed by atoms with Gasteiger partial charge in [-0.3, -0.25) is 4.79 Å². The molecule has 0 aromatic carbocycles. The fourth-order valence-electron chi connectivity index (χ4n) is 2.30. The number of hydrogen-bond acceptors (Lipinski definition) is 4. The van der Waals surface area contributed by atoms with Gasteiger partial charge in [-0.2, -0.15) is 4.31 Å². The number of rotatable bonds is 4. The normalized spacial score (nSPS) is 20.1. The molecule has 2 heterocycles. The van der Waals surface area contributed by atoms with Gasteiger partial charge in [-0.1, -0.05) is 0 Å². The van der Waals surface area contributed by atoms with E-state index in [2.05, 4.69) is 0 Å². The lowest BCUT2D eigenvalue weighted by molar-refractivity contribution is -0.140. The van der Waals surface area contributed by atoms with Crippen LogP contribution in [0, 0.1) is 0 Å². The van der Waals surface area contributed by atoms with Crippen molar-refractivity contribution in [1.29, 1.82) is 0 Å². The first-order valence-corrected chi connectivity index (χ1v) is 7.33. The topological polar surface area (TPSA) is 117 Å². The van der Waals surface area contributed by atoms with Crippen LogP contribution in [0.3, 0.4) is 0 Å². The van der Waals surface area contributed by atoms with Crippen LogP contribution < -0.4 is 0 Å². The zero-order valence-corrected chi connectivity index (χ0v) is 11.5. The van der Waals surface area contributed by atoms with Gasteiger partial charge in [0.25, 0.3) is 0 Å². The van der Waals surface area contributed by atoms with Crippen LogP contribution in [0.5, 0.6) is 0 Å². The minimum atomic E-state index is -4.00. The molecule has 1 aliphatic heterocycles. The van der Waals surface area contributed by atoms with E-state index in [1.54, 1.807) is 0 Å². The molecule has 0 amide bonds. The van der Waals surface area contributed by atoms with Gasteiger partial charge in [-0.05, 0) is 18.9 Å². The van der Waals surface area contributed by atoms with Crippen LogP contribution in [-0.2, 0) is 21.9 Å². The third kappa shape index (κ3) is 2.29. The molecule has 0 bridgehead atoms. The van der Waals surface area contributed by atoms with E-state index in [0.29, 0.717) is 6.42 Å². The summed E-state index contributed by atoms with van der Waals surface area (Å²) in [5.74, 6) is -2.44. The maximum Gasteiger partial charge on any atom is 0.352 e. The van der Waals surface area contributed by atoms with Crippen LogP contribution in [0.25, 0.3) is 0 Å². The number of carboxylic acids is 2. The van der Waals surface area contributed by atoms with Crippen LogP contribution >= 0.6 is 0 Å². The molecule has 9 heteroatoms. The van der Waals surface area contributed by atoms with Gasteiger partial charge in [0.05, 0.1) is 0 Å². The number of hydrogen-bond donors (Lipinski definition) is 2. The molecule has 110 valence electrons. The Labute approximate surface area is 115 Å². The second kappa shape index (κ2) is 4.91. The zero-order chi connectivity index (χ0) is 15.1. The highest BCUT2D eigenvalue weighted by Gasteiger charge is 2.40. The fraction of sp³-hybridized carbons (Fsp3) is 0.455. The van der Waals surface area contributed by atoms with E-state index >= 15 is 0 Å². The monoisotopic (exact) mass is 302 g/mol. The third-order valence-corrected chi connectivity index (χ3v) is 5.17. The third-order valence-electron chi connectivity index (χ3n) is 3.29. The molecule has 0 unspecified atom stereocenters. The highest BCUT2D eigenvalue weighted by Crippen LogP contribution is 2.27. The first-order valence-electron chi connectivity index (χ1n) is 5.89. The van der Waals surface area contributed by atoms with E-state index in [-0.39, 0.29) is 23.6 Å². The van der Waals surface area contributed by atoms with E-state index in [1.807, 2.05) is 0 Å². The van der Waals surface area contributed by atoms with Gasteiger partial charge >= 0.3 is 11.9 Å². The van der Waals surface area contributed by atoms with E-state index in [9.17, 15) is 18.0 Å². The predicted octanol–water partition coefficient (Wildman–Crippen LogP) is -0.0390. The van der Waals surface area contributed by atoms with Crippen molar-refractivity contribution < 1.29 is 28.2 Å². The molecule has 1 fully saturated rings. The minimum Gasteiger partial charge on any atom is -0.480 e. The average molecular weight is 302 g/mol. The number of aryl methyl sites for hydroxylation is 1. The number of aromatic nitrogens is 1. The lowest BCUT2D eigenvalue weighted by atomic mass is 10.2. The summed E-state index contributed by atoms with van der Waals surface area (Å²) in [4.78, 5) is 21.8. The number of carboxylic acid groups (broad SMARTS) is 2. The molecule has 0 spiro atoms. The van der Waals surface area contributed by atoms with Crippen molar-refractivity contribution in [2.45, 2.75) is 23.8 Å². The second-order valence-corrected chi connectivity index (χ2v) is 6.48. The Bertz CT molecular complexity index is 662. The van der Waals surface area contributed by atoms with Gasteiger partial charge < -0.3 is 14.8 Å². The molecule has 2 N–H and O–H groups in total. The molecule has 1 aromatic heterocycles. The van der Waals surface area contributed by atoms with Crippen molar-refractivity contribution in [3.05, 3.63) is 18.0 Å². The highest BCUT2D eigenvalue weighted by molar-refractivity contribution is 7.89. The van der Waals surface area contributed by atoms with Crippen LogP contribution in [0.1, 0.15) is 23.3 Å². The summed E-state index contributed by atoms with van der Waals surface area (Å²) < 4.78 is 26.9. The molecular weight excluding hydrogens is 288 g/mol. The number of aromatic carboxylic acids is 1. The fourth-order valence-corrected chi connectivity index (χ4v) is 4.02. The van der Waals surface area contributed by atoms with Gasteiger partial charge in [-0.15, -0.1) is 0 Å². The molecule has 20 heavy (non-hydrogen) atoms. The van der Waals surface area contributed by atoms with Crippen molar-refractivity contribution in [1.82, 2.24) is 8.87 Å². The summed E-state index contributed by atoms with van der Waals surface area (Å²) in [6.07, 6.45) is 1.90. The van der Waals surface area contributed by atoms with Crippen molar-refractivity contribution in [2.24, 2.45) is 7.05 Å². The summed E-state index contributed by atoms with van der Waals surface area (Å²) in [5, 5.41) is 18.0. The maximum absolute atomic E-state index is 12.4. The minimum absolute atomic E-state index is 0.122. The molecule has 1 saturated heterocycles. The summed E-state index contributed by atoms with van der Waals surface area (Å²) in [7, 11) is -2.58. The Morgan fingerprint density at radius 1 is 1.35 bits per heavy atom. The molecule has 8 nitrogen and oxygen atoms in total. The molecular formula is C11H14N2O6S. The van der Waals surface area contributed by atoms with Crippen LogP contribution in [0.4, 0.5) is 0 Å². The summed E-state index contributed by atoms with van der Waals surface area (Å²) >= 11 is 0. The number of sulfonamides is 1. The van der Waals surface area contributed by atoms with E-state index < -0.39 is 28.0 Å². The molecule has 1 aliphatic rings. The summed E-state index contributed by atoms with van der Waals surface area (Å²) in [6.45, 7) is 0.122. The number of carbonyl (C=O) groups is 2. The first-order chi connectivity index (χ1) is 9.25. The highest BCUT2D eigenvalue weighted by atomic mass is 32.2. The van der Waals surface area contributed by atoms with Crippen molar-refractivity contribution in [3.8, 4) is 0 Å². The molecule has 0 aliphatic carbocycles. The molecule has 1 atom stereocenters. The average Bonchev–Trinajstić information content (AvgIpc) is 2.94. The Kier molecular flexibility index (Phi) is 3.57. The SMILES string of the molecule is Cn1cc(S(=O)(=O)N2CCC[C@H]2C(=O)O)cc1C(=O)O. The standard InChI is InChI=1S/C11H14N2O6S/c1-12-6-7(5-9(12)11(16)17)20(18,19)13-4-2-3-8(13)10(14)15/h5-6,8H,2-4H2,1H3,(H,14,15)(H,16,17)/t8-/m0/s1. The van der Waals surface area contributed by atoms with E-state index in [0.717, 1.165) is 10.4 Å². The zero-order valence-electron chi connectivity index (χ0n) is 10.7. The van der Waals surface area contributed by atoms with Crippen molar-refractivity contribution in [2.75, 3.05) is 6.54 Å². The smallest absolute Gasteiger partial charge is 0.352 e. The van der Waals surface area contributed by atoms with Gasteiger partial charge in [0, 0.05) is 19.8 Å². The van der Waals surface area contributed by atoms with Gasteiger partial charge in [0.2, 0.25) is 10.0 Å². The van der Waals surface area contributed by atoms with Gasteiger partial charge in [-0.25, -0.2) is 13.2 Å². The number of nitrogens with zero attached hydrogens (tertiary/aromatic N) is 2. The van der Waals surface area contributed by atoms with Crippen LogP contribution in [-0.4, -0.2) is 52.0 Å². The number of aliphatic carboxylic acids is 1. The largest absolute Gasteiger partial charge is 0.480 e. The Morgan fingerprint density at radius 2 is 2.00 bits per heavy atom. The Balaban J connectivity index is 2.43. The first kappa shape index (κ1) is 14.5. The summed E-state index contributed by atoms with van der Waals surface area (Å²) in [5.41, 5.74) is -0.172. The van der Waals surface area contributed by atoms with Crippen molar-refractivity contribution >= 4 is 22.0 Å². The quantitative estimate of drug-likeness (QED) is 0.806. The molecule has 0 saturated carbocycles. The van der Waals surface area contributed by atoms with Crippen LogP contribution in [0.2, 0.25) is 0 Å².